The molecule has 3 saturated carbocycles. The zero-order chi connectivity index (χ0) is 15.4. The Morgan fingerprint density at radius 3 is 2.57 bits per heavy atom. The molecule has 4 heteroatoms. The standard InChI is InChI=1S/C17H29N3O/c1-10-9-13(18)16(2,3)11-7-8-17(4)12(15(10)11)5-6-14(17)19-20-21/h10-13,15H,5-9,18H2,1-4H3/b19-14+. The molecular weight excluding hydrogens is 262 g/mol. The number of fused-ring (bicyclic) bond motifs is 3. The van der Waals surface area contributed by atoms with Gasteiger partial charge in [0, 0.05) is 11.5 Å². The Morgan fingerprint density at radius 1 is 1.19 bits per heavy atom. The second-order valence-electron chi connectivity index (χ2n) is 8.55. The van der Waals surface area contributed by atoms with Crippen molar-refractivity contribution >= 4 is 5.71 Å². The molecule has 0 spiro atoms. The van der Waals surface area contributed by atoms with Crippen molar-refractivity contribution in [3.8, 4) is 0 Å². The maximum Gasteiger partial charge on any atom is 0.0797 e. The Hall–Kier alpha value is -0.770. The average molecular weight is 291 g/mol. The van der Waals surface area contributed by atoms with E-state index in [4.69, 9.17) is 5.73 Å². The normalized spacial score (nSPS) is 50.5. The highest BCUT2D eigenvalue weighted by molar-refractivity contribution is 5.92. The maximum atomic E-state index is 10.6. The molecule has 21 heavy (non-hydrogen) atoms. The number of hydrogen-bond acceptors (Lipinski definition) is 3. The van der Waals surface area contributed by atoms with Gasteiger partial charge in [-0.25, -0.2) is 0 Å². The Morgan fingerprint density at radius 2 is 1.90 bits per heavy atom. The van der Waals surface area contributed by atoms with Crippen LogP contribution in [0.1, 0.15) is 59.8 Å². The van der Waals surface area contributed by atoms with Gasteiger partial charge in [-0.15, -0.1) is 10.0 Å². The van der Waals surface area contributed by atoms with E-state index < -0.39 is 0 Å². The molecular formula is C17H29N3O. The third kappa shape index (κ3) is 2.01. The first-order chi connectivity index (χ1) is 9.82. The van der Waals surface area contributed by atoms with Gasteiger partial charge in [-0.2, -0.15) is 0 Å². The fraction of sp³-hybridized carbons (Fsp3) is 0.941. The third-order valence-electron chi connectivity index (χ3n) is 7.43. The number of rotatable bonds is 1. The predicted octanol–water partition coefficient (Wildman–Crippen LogP) is 3.94. The summed E-state index contributed by atoms with van der Waals surface area (Å²) in [7, 11) is 0. The molecule has 0 heterocycles. The van der Waals surface area contributed by atoms with E-state index in [0.29, 0.717) is 23.8 Å². The van der Waals surface area contributed by atoms with Crippen molar-refractivity contribution in [1.29, 1.82) is 0 Å². The average Bonchev–Trinajstić information content (AvgIpc) is 2.74. The van der Waals surface area contributed by atoms with E-state index in [2.05, 4.69) is 38.1 Å². The molecule has 2 N–H and O–H groups in total. The van der Waals surface area contributed by atoms with Crippen LogP contribution in [0.4, 0.5) is 0 Å². The van der Waals surface area contributed by atoms with Gasteiger partial charge in [0.05, 0.1) is 11.0 Å². The fourth-order valence-electron chi connectivity index (χ4n) is 6.00. The maximum absolute atomic E-state index is 10.6. The number of nitroso groups, excluding NO2 is 1. The van der Waals surface area contributed by atoms with Crippen LogP contribution in [-0.2, 0) is 0 Å². The van der Waals surface area contributed by atoms with Crippen molar-refractivity contribution in [3.63, 3.8) is 0 Å². The topological polar surface area (TPSA) is 67.8 Å². The summed E-state index contributed by atoms with van der Waals surface area (Å²) in [5.41, 5.74) is 7.85. The van der Waals surface area contributed by atoms with Crippen LogP contribution in [0.5, 0.6) is 0 Å². The molecule has 3 fully saturated rings. The van der Waals surface area contributed by atoms with Gasteiger partial charge in [-0.1, -0.05) is 27.7 Å². The van der Waals surface area contributed by atoms with Gasteiger partial charge in [-0.3, -0.25) is 0 Å². The second kappa shape index (κ2) is 4.87. The lowest BCUT2D eigenvalue weighted by Crippen LogP contribution is -2.57. The van der Waals surface area contributed by atoms with Crippen LogP contribution in [0, 0.1) is 39.4 Å². The number of hydrogen-bond donors (Lipinski definition) is 1. The van der Waals surface area contributed by atoms with Crippen molar-refractivity contribution in [2.75, 3.05) is 0 Å². The zero-order valence-electron chi connectivity index (χ0n) is 13.8. The molecule has 6 unspecified atom stereocenters. The van der Waals surface area contributed by atoms with E-state index in [0.717, 1.165) is 30.9 Å². The first-order valence-corrected chi connectivity index (χ1v) is 8.47. The van der Waals surface area contributed by atoms with Crippen molar-refractivity contribution in [2.45, 2.75) is 65.8 Å². The SMILES string of the molecule is CC1CC(N)C(C)(C)C2CCC3(C)/C(=N/N=O)CCC3C12. The molecule has 3 aliphatic carbocycles. The summed E-state index contributed by atoms with van der Waals surface area (Å²) >= 11 is 0. The number of nitrogens with two attached hydrogens (primary N) is 1. The molecule has 0 amide bonds. The van der Waals surface area contributed by atoms with Crippen LogP contribution < -0.4 is 5.73 Å². The van der Waals surface area contributed by atoms with Gasteiger partial charge < -0.3 is 5.73 Å². The molecule has 0 bridgehead atoms. The molecule has 4 nitrogen and oxygen atoms in total. The summed E-state index contributed by atoms with van der Waals surface area (Å²) in [4.78, 5) is 10.6. The summed E-state index contributed by atoms with van der Waals surface area (Å²) in [6.07, 6.45) is 5.59. The van der Waals surface area contributed by atoms with Gasteiger partial charge in [0.1, 0.15) is 0 Å². The Labute approximate surface area is 127 Å². The lowest BCUT2D eigenvalue weighted by atomic mass is 9.47. The Bertz CT molecular complexity index is 473. The van der Waals surface area contributed by atoms with Crippen LogP contribution in [0.25, 0.3) is 0 Å². The highest BCUT2D eigenvalue weighted by Crippen LogP contribution is 2.62. The van der Waals surface area contributed by atoms with Crippen molar-refractivity contribution in [2.24, 2.45) is 50.6 Å². The van der Waals surface area contributed by atoms with Crippen LogP contribution in [0.2, 0.25) is 0 Å². The molecule has 3 aliphatic rings. The van der Waals surface area contributed by atoms with Gasteiger partial charge in [-0.05, 0) is 61.2 Å². The summed E-state index contributed by atoms with van der Waals surface area (Å²) < 4.78 is 0. The molecule has 3 rings (SSSR count). The molecule has 0 radical (unpaired) electrons. The Balaban J connectivity index is 1.97. The van der Waals surface area contributed by atoms with Gasteiger partial charge in [0.25, 0.3) is 0 Å². The minimum atomic E-state index is 0.0981. The van der Waals surface area contributed by atoms with Crippen LogP contribution in [0.15, 0.2) is 10.4 Å². The summed E-state index contributed by atoms with van der Waals surface area (Å²) in [6, 6.07) is 0.310. The number of nitrogens with zero attached hydrogens (tertiary/aromatic N) is 2. The molecule has 0 aromatic heterocycles. The van der Waals surface area contributed by atoms with E-state index >= 15 is 0 Å². The van der Waals surface area contributed by atoms with Gasteiger partial charge in [0.2, 0.25) is 0 Å². The lowest BCUT2D eigenvalue weighted by Gasteiger charge is -2.58. The van der Waals surface area contributed by atoms with Crippen LogP contribution in [-0.4, -0.2) is 11.8 Å². The second-order valence-corrected chi connectivity index (χ2v) is 8.55. The minimum Gasteiger partial charge on any atom is -0.327 e. The largest absolute Gasteiger partial charge is 0.327 e. The molecule has 0 saturated heterocycles. The quantitative estimate of drug-likeness (QED) is 0.587. The van der Waals surface area contributed by atoms with Gasteiger partial charge >= 0.3 is 0 Å². The third-order valence-corrected chi connectivity index (χ3v) is 7.43. The van der Waals surface area contributed by atoms with Crippen molar-refractivity contribution in [1.82, 2.24) is 0 Å². The lowest BCUT2D eigenvalue weighted by molar-refractivity contribution is -0.0723. The highest BCUT2D eigenvalue weighted by atomic mass is 16.3. The molecule has 118 valence electrons. The van der Waals surface area contributed by atoms with E-state index in [9.17, 15) is 4.91 Å². The van der Waals surface area contributed by atoms with E-state index in [1.165, 1.54) is 12.8 Å². The monoisotopic (exact) mass is 291 g/mol. The van der Waals surface area contributed by atoms with Crippen molar-refractivity contribution < 1.29 is 0 Å². The van der Waals surface area contributed by atoms with Crippen LogP contribution in [0.3, 0.4) is 0 Å². The van der Waals surface area contributed by atoms with E-state index in [1.807, 2.05) is 0 Å². The van der Waals surface area contributed by atoms with E-state index in [1.54, 1.807) is 0 Å². The first-order valence-electron chi connectivity index (χ1n) is 8.47. The van der Waals surface area contributed by atoms with Gasteiger partial charge in [0.15, 0.2) is 0 Å². The highest BCUT2D eigenvalue weighted by Gasteiger charge is 2.59. The summed E-state index contributed by atoms with van der Waals surface area (Å²) in [5.74, 6) is 2.75. The molecule has 0 aromatic rings. The predicted molar refractivity (Wildman–Crippen MR) is 85.8 cm³/mol. The molecule has 6 atom stereocenters. The minimum absolute atomic E-state index is 0.0981. The van der Waals surface area contributed by atoms with Crippen molar-refractivity contribution in [3.05, 3.63) is 4.91 Å². The molecule has 0 aromatic carbocycles. The fourth-order valence-corrected chi connectivity index (χ4v) is 6.00. The molecule has 0 aliphatic heterocycles. The van der Waals surface area contributed by atoms with Crippen LogP contribution >= 0.6 is 0 Å². The zero-order valence-corrected chi connectivity index (χ0v) is 13.8. The summed E-state index contributed by atoms with van der Waals surface area (Å²) in [5, 5.41) is 6.79. The Kier molecular flexibility index (Phi) is 3.51. The van der Waals surface area contributed by atoms with E-state index in [-0.39, 0.29) is 10.8 Å². The summed E-state index contributed by atoms with van der Waals surface area (Å²) in [6.45, 7) is 9.42. The smallest absolute Gasteiger partial charge is 0.0797 e. The first kappa shape index (κ1) is 15.1.